The standard InChI is InChI=1S/C12H15N5OS2/c1-17(9-2-3-19-6-9)10(18)4-8-5-20-12(15-8)11-13-7-14-16-11/h5,7,9H,2-4,6H2,1H3,(H,13,14,16)/t9-/m1/s1. The molecule has 0 unspecified atom stereocenters. The van der Waals surface area contributed by atoms with Crippen molar-refractivity contribution in [1.29, 1.82) is 0 Å². The molecule has 1 aliphatic rings. The molecule has 106 valence electrons. The van der Waals surface area contributed by atoms with Crippen LogP contribution in [0.5, 0.6) is 0 Å². The van der Waals surface area contributed by atoms with Gasteiger partial charge in [0.2, 0.25) is 5.91 Å². The van der Waals surface area contributed by atoms with Crippen molar-refractivity contribution in [2.45, 2.75) is 18.9 Å². The number of nitrogens with one attached hydrogen (secondary N) is 1. The maximum atomic E-state index is 12.2. The lowest BCUT2D eigenvalue weighted by atomic mass is 10.2. The zero-order chi connectivity index (χ0) is 13.9. The third kappa shape index (κ3) is 2.85. The van der Waals surface area contributed by atoms with Gasteiger partial charge < -0.3 is 4.90 Å². The summed E-state index contributed by atoms with van der Waals surface area (Å²) in [5, 5.41) is 9.26. The lowest BCUT2D eigenvalue weighted by Crippen LogP contribution is -2.37. The van der Waals surface area contributed by atoms with Crippen molar-refractivity contribution in [2.75, 3.05) is 18.6 Å². The van der Waals surface area contributed by atoms with Gasteiger partial charge in [-0.15, -0.1) is 11.3 Å². The SMILES string of the molecule is CN(C(=O)Cc1csc(-c2ncn[nH]2)n1)[C@@H]1CCSC1. The molecule has 0 spiro atoms. The van der Waals surface area contributed by atoms with Gasteiger partial charge in [0.15, 0.2) is 10.8 Å². The van der Waals surface area contributed by atoms with Gasteiger partial charge in [-0.05, 0) is 12.2 Å². The first-order valence-corrected chi connectivity index (χ1v) is 8.41. The van der Waals surface area contributed by atoms with Crippen LogP contribution in [0.1, 0.15) is 12.1 Å². The average molecular weight is 309 g/mol. The second-order valence-electron chi connectivity index (χ2n) is 4.68. The van der Waals surface area contributed by atoms with E-state index in [1.807, 2.05) is 29.1 Å². The number of amides is 1. The molecule has 1 aliphatic heterocycles. The summed E-state index contributed by atoms with van der Waals surface area (Å²) in [5.74, 6) is 2.97. The summed E-state index contributed by atoms with van der Waals surface area (Å²) in [4.78, 5) is 22.6. The second-order valence-corrected chi connectivity index (χ2v) is 6.68. The number of carbonyl (C=O) groups is 1. The molecule has 3 heterocycles. The number of hydrogen-bond acceptors (Lipinski definition) is 6. The van der Waals surface area contributed by atoms with E-state index < -0.39 is 0 Å². The summed E-state index contributed by atoms with van der Waals surface area (Å²) in [5.41, 5.74) is 0.795. The minimum atomic E-state index is 0.131. The van der Waals surface area contributed by atoms with Crippen LogP contribution in [0.2, 0.25) is 0 Å². The Morgan fingerprint density at radius 1 is 1.60 bits per heavy atom. The molecule has 1 saturated heterocycles. The number of thiazole rings is 1. The zero-order valence-corrected chi connectivity index (χ0v) is 12.7. The van der Waals surface area contributed by atoms with E-state index in [0.29, 0.717) is 18.3 Å². The molecule has 0 bridgehead atoms. The number of carbonyl (C=O) groups excluding carboxylic acids is 1. The molecular weight excluding hydrogens is 294 g/mol. The Balaban J connectivity index is 1.64. The number of aromatic amines is 1. The van der Waals surface area contributed by atoms with Crippen molar-refractivity contribution >= 4 is 29.0 Å². The number of nitrogens with zero attached hydrogens (tertiary/aromatic N) is 4. The van der Waals surface area contributed by atoms with E-state index in [1.54, 1.807) is 0 Å². The number of rotatable bonds is 4. The minimum Gasteiger partial charge on any atom is -0.342 e. The topological polar surface area (TPSA) is 74.8 Å². The van der Waals surface area contributed by atoms with Crippen LogP contribution in [-0.4, -0.2) is 55.6 Å². The predicted molar refractivity (Wildman–Crippen MR) is 79.7 cm³/mol. The first-order chi connectivity index (χ1) is 9.74. The summed E-state index contributed by atoms with van der Waals surface area (Å²) in [6.07, 6.45) is 2.89. The monoisotopic (exact) mass is 309 g/mol. The maximum absolute atomic E-state index is 12.2. The molecule has 1 atom stereocenters. The van der Waals surface area contributed by atoms with Crippen LogP contribution in [0.4, 0.5) is 0 Å². The fourth-order valence-electron chi connectivity index (χ4n) is 2.12. The van der Waals surface area contributed by atoms with Crippen LogP contribution < -0.4 is 0 Å². The number of hydrogen-bond donors (Lipinski definition) is 1. The first kappa shape index (κ1) is 13.6. The van der Waals surface area contributed by atoms with E-state index in [-0.39, 0.29) is 5.91 Å². The highest BCUT2D eigenvalue weighted by atomic mass is 32.2. The molecule has 2 aromatic rings. The molecular formula is C12H15N5OS2. The van der Waals surface area contributed by atoms with Gasteiger partial charge in [0.05, 0.1) is 12.1 Å². The Bertz CT molecular complexity index is 576. The Kier molecular flexibility index (Phi) is 4.02. The van der Waals surface area contributed by atoms with Crippen molar-refractivity contribution in [3.05, 3.63) is 17.4 Å². The average Bonchev–Trinajstić information content (AvgIpc) is 3.19. The van der Waals surface area contributed by atoms with Gasteiger partial charge in [0.1, 0.15) is 6.33 Å². The van der Waals surface area contributed by atoms with Crippen LogP contribution in [0, 0.1) is 0 Å². The lowest BCUT2D eigenvalue weighted by Gasteiger charge is -2.23. The van der Waals surface area contributed by atoms with Gasteiger partial charge in [0.25, 0.3) is 0 Å². The van der Waals surface area contributed by atoms with Crippen molar-refractivity contribution in [1.82, 2.24) is 25.1 Å². The molecule has 1 amide bonds. The summed E-state index contributed by atoms with van der Waals surface area (Å²) >= 11 is 3.38. The highest BCUT2D eigenvalue weighted by molar-refractivity contribution is 7.99. The van der Waals surface area contributed by atoms with Crippen LogP contribution >= 0.6 is 23.1 Å². The normalized spacial score (nSPS) is 18.4. The Morgan fingerprint density at radius 2 is 2.50 bits per heavy atom. The molecule has 0 radical (unpaired) electrons. The van der Waals surface area contributed by atoms with Gasteiger partial charge in [-0.1, -0.05) is 0 Å². The van der Waals surface area contributed by atoms with Gasteiger partial charge >= 0.3 is 0 Å². The molecule has 0 saturated carbocycles. The van der Waals surface area contributed by atoms with Crippen molar-refractivity contribution in [2.24, 2.45) is 0 Å². The van der Waals surface area contributed by atoms with Crippen LogP contribution in [0.25, 0.3) is 10.8 Å². The molecule has 20 heavy (non-hydrogen) atoms. The summed E-state index contributed by atoms with van der Waals surface area (Å²) in [7, 11) is 1.89. The third-order valence-electron chi connectivity index (χ3n) is 3.35. The fraction of sp³-hybridized carbons (Fsp3) is 0.500. The molecule has 1 fully saturated rings. The molecule has 0 aliphatic carbocycles. The molecule has 1 N–H and O–H groups in total. The predicted octanol–water partition coefficient (Wildman–Crippen LogP) is 1.43. The smallest absolute Gasteiger partial charge is 0.228 e. The second kappa shape index (κ2) is 5.92. The molecule has 8 heteroatoms. The Labute approximate surface area is 125 Å². The van der Waals surface area contributed by atoms with Gasteiger partial charge in [-0.3, -0.25) is 9.89 Å². The number of thioether (sulfide) groups is 1. The fourth-order valence-corrected chi connectivity index (χ4v) is 4.15. The number of H-pyrrole nitrogens is 1. The summed E-state index contributed by atoms with van der Waals surface area (Å²) in [6, 6.07) is 0.375. The van der Waals surface area contributed by atoms with E-state index in [9.17, 15) is 4.79 Å². The van der Waals surface area contributed by atoms with Crippen LogP contribution in [-0.2, 0) is 11.2 Å². The molecule has 3 rings (SSSR count). The maximum Gasteiger partial charge on any atom is 0.228 e. The van der Waals surface area contributed by atoms with Gasteiger partial charge in [0, 0.05) is 24.2 Å². The van der Waals surface area contributed by atoms with E-state index in [4.69, 9.17) is 0 Å². The number of likely N-dealkylation sites (N-methyl/N-ethyl adjacent to an activating group) is 1. The van der Waals surface area contributed by atoms with Crippen molar-refractivity contribution in [3.63, 3.8) is 0 Å². The molecule has 0 aromatic carbocycles. The van der Waals surface area contributed by atoms with E-state index >= 15 is 0 Å². The minimum absolute atomic E-state index is 0.131. The summed E-state index contributed by atoms with van der Waals surface area (Å²) < 4.78 is 0. The Morgan fingerprint density at radius 3 is 3.20 bits per heavy atom. The lowest BCUT2D eigenvalue weighted by molar-refractivity contribution is -0.130. The third-order valence-corrected chi connectivity index (χ3v) is 5.39. The van der Waals surface area contributed by atoms with E-state index in [2.05, 4.69) is 20.2 Å². The summed E-state index contributed by atoms with van der Waals surface area (Å²) in [6.45, 7) is 0. The quantitative estimate of drug-likeness (QED) is 0.925. The number of aromatic nitrogens is 4. The zero-order valence-electron chi connectivity index (χ0n) is 11.1. The highest BCUT2D eigenvalue weighted by Crippen LogP contribution is 2.23. The molecule has 6 nitrogen and oxygen atoms in total. The van der Waals surface area contributed by atoms with Crippen LogP contribution in [0.3, 0.4) is 0 Å². The van der Waals surface area contributed by atoms with Gasteiger partial charge in [-0.25, -0.2) is 9.97 Å². The van der Waals surface area contributed by atoms with Crippen LogP contribution in [0.15, 0.2) is 11.7 Å². The van der Waals surface area contributed by atoms with E-state index in [0.717, 1.165) is 28.6 Å². The largest absolute Gasteiger partial charge is 0.342 e. The van der Waals surface area contributed by atoms with Crippen molar-refractivity contribution < 1.29 is 4.79 Å². The molecule has 2 aromatic heterocycles. The van der Waals surface area contributed by atoms with E-state index in [1.165, 1.54) is 17.7 Å². The Hall–Kier alpha value is -1.41. The highest BCUT2D eigenvalue weighted by Gasteiger charge is 2.24. The first-order valence-electron chi connectivity index (χ1n) is 6.37. The van der Waals surface area contributed by atoms with Crippen molar-refractivity contribution in [3.8, 4) is 10.8 Å². The van der Waals surface area contributed by atoms with Gasteiger partial charge in [-0.2, -0.15) is 16.9 Å².